The fraction of sp³-hybridized carbons (Fsp3) is 0.833. The van der Waals surface area contributed by atoms with Crippen LogP contribution in [0.2, 0.25) is 0 Å². The molecule has 1 unspecified atom stereocenters. The van der Waals surface area contributed by atoms with Gasteiger partial charge in [-0.1, -0.05) is 102 Å². The first-order chi connectivity index (χ1) is 12.3. The van der Waals surface area contributed by atoms with Crippen LogP contribution in [-0.2, 0) is 0 Å². The van der Waals surface area contributed by atoms with Crippen LogP contribution >= 0.6 is 0 Å². The van der Waals surface area contributed by atoms with Gasteiger partial charge in [0.25, 0.3) is 0 Å². The van der Waals surface area contributed by atoms with Crippen LogP contribution in [0.1, 0.15) is 123 Å². The first kappa shape index (κ1) is 24.4. The highest BCUT2D eigenvalue weighted by atomic mass is 14.6. The standard InChI is InChI=1S/C24H47N/c1-3-5-7-9-10-11-12-13-14-15-16-17-18-19-21-23-24(25)22-20-8-6-4-2/h10-11,13-14,24H,3-9,12,15-23,25H2,1-2H3/b11-10+,14-13+. The molecule has 1 atom stereocenters. The Labute approximate surface area is 159 Å². The van der Waals surface area contributed by atoms with Crippen molar-refractivity contribution in [3.63, 3.8) is 0 Å². The monoisotopic (exact) mass is 349 g/mol. The predicted octanol–water partition coefficient (Wildman–Crippen LogP) is 8.10. The van der Waals surface area contributed by atoms with Crippen LogP contribution in [0, 0.1) is 0 Å². The number of hydrogen-bond donors (Lipinski definition) is 1. The van der Waals surface area contributed by atoms with Crippen molar-refractivity contribution >= 4 is 0 Å². The molecule has 0 amide bonds. The lowest BCUT2D eigenvalue weighted by molar-refractivity contribution is 0.489. The van der Waals surface area contributed by atoms with E-state index in [0.29, 0.717) is 6.04 Å². The fourth-order valence-corrected chi connectivity index (χ4v) is 3.20. The van der Waals surface area contributed by atoms with Gasteiger partial charge in [0.15, 0.2) is 0 Å². The molecule has 0 aliphatic carbocycles. The molecule has 0 heterocycles. The van der Waals surface area contributed by atoms with E-state index in [-0.39, 0.29) is 0 Å². The molecular weight excluding hydrogens is 302 g/mol. The van der Waals surface area contributed by atoms with Crippen molar-refractivity contribution in [3.8, 4) is 0 Å². The van der Waals surface area contributed by atoms with Gasteiger partial charge in [-0.15, -0.1) is 0 Å². The van der Waals surface area contributed by atoms with Crippen LogP contribution in [0.25, 0.3) is 0 Å². The highest BCUT2D eigenvalue weighted by Crippen LogP contribution is 2.12. The highest BCUT2D eigenvalue weighted by molar-refractivity contribution is 4.92. The van der Waals surface area contributed by atoms with Crippen LogP contribution in [-0.4, -0.2) is 6.04 Å². The van der Waals surface area contributed by atoms with Crippen molar-refractivity contribution < 1.29 is 0 Å². The second kappa shape index (κ2) is 21.5. The Morgan fingerprint density at radius 1 is 0.560 bits per heavy atom. The molecule has 0 fully saturated rings. The molecule has 1 nitrogen and oxygen atoms in total. The minimum atomic E-state index is 0.454. The maximum Gasteiger partial charge on any atom is 0.00388 e. The molecule has 148 valence electrons. The van der Waals surface area contributed by atoms with Crippen molar-refractivity contribution in [3.05, 3.63) is 24.3 Å². The van der Waals surface area contributed by atoms with Gasteiger partial charge < -0.3 is 5.73 Å². The average molecular weight is 350 g/mol. The molecule has 0 radical (unpaired) electrons. The number of hydrogen-bond acceptors (Lipinski definition) is 1. The molecule has 0 aliphatic rings. The Kier molecular flexibility index (Phi) is 21.0. The summed E-state index contributed by atoms with van der Waals surface area (Å²) >= 11 is 0. The first-order valence-corrected chi connectivity index (χ1v) is 11.4. The van der Waals surface area contributed by atoms with Crippen LogP contribution in [0.4, 0.5) is 0 Å². The van der Waals surface area contributed by atoms with Crippen LogP contribution in [0.5, 0.6) is 0 Å². The summed E-state index contributed by atoms with van der Waals surface area (Å²) in [4.78, 5) is 0. The third-order valence-corrected chi connectivity index (χ3v) is 4.95. The minimum Gasteiger partial charge on any atom is -0.328 e. The lowest BCUT2D eigenvalue weighted by Crippen LogP contribution is -2.19. The van der Waals surface area contributed by atoms with Gasteiger partial charge >= 0.3 is 0 Å². The second-order valence-corrected chi connectivity index (χ2v) is 7.63. The van der Waals surface area contributed by atoms with E-state index in [1.54, 1.807) is 0 Å². The fourth-order valence-electron chi connectivity index (χ4n) is 3.20. The van der Waals surface area contributed by atoms with Gasteiger partial charge in [-0.05, 0) is 44.9 Å². The Morgan fingerprint density at radius 3 is 1.60 bits per heavy atom. The third kappa shape index (κ3) is 21.4. The molecule has 0 bridgehead atoms. The van der Waals surface area contributed by atoms with Crippen LogP contribution in [0.15, 0.2) is 24.3 Å². The predicted molar refractivity (Wildman–Crippen MR) is 116 cm³/mol. The normalized spacial score (nSPS) is 13.2. The van der Waals surface area contributed by atoms with Gasteiger partial charge in [0, 0.05) is 6.04 Å². The number of unbranched alkanes of at least 4 members (excludes halogenated alkanes) is 11. The van der Waals surface area contributed by atoms with Crippen molar-refractivity contribution in [2.24, 2.45) is 5.73 Å². The van der Waals surface area contributed by atoms with Gasteiger partial charge in [-0.3, -0.25) is 0 Å². The summed E-state index contributed by atoms with van der Waals surface area (Å²) < 4.78 is 0. The molecule has 0 aliphatic heterocycles. The van der Waals surface area contributed by atoms with E-state index in [9.17, 15) is 0 Å². The summed E-state index contributed by atoms with van der Waals surface area (Å²) in [5.41, 5.74) is 6.20. The smallest absolute Gasteiger partial charge is 0.00388 e. The van der Waals surface area contributed by atoms with E-state index in [4.69, 9.17) is 5.73 Å². The average Bonchev–Trinajstić information content (AvgIpc) is 2.62. The molecule has 0 saturated heterocycles. The van der Waals surface area contributed by atoms with Crippen molar-refractivity contribution in [1.82, 2.24) is 0 Å². The minimum absolute atomic E-state index is 0.454. The van der Waals surface area contributed by atoms with Gasteiger partial charge in [0.1, 0.15) is 0 Å². The highest BCUT2D eigenvalue weighted by Gasteiger charge is 2.01. The lowest BCUT2D eigenvalue weighted by atomic mass is 10.0. The van der Waals surface area contributed by atoms with Gasteiger partial charge in [-0.25, -0.2) is 0 Å². The Balaban J connectivity index is 3.23. The zero-order chi connectivity index (χ0) is 18.4. The van der Waals surface area contributed by atoms with E-state index in [1.165, 1.54) is 103 Å². The molecule has 1 heteroatoms. The topological polar surface area (TPSA) is 26.0 Å². The van der Waals surface area contributed by atoms with Gasteiger partial charge in [-0.2, -0.15) is 0 Å². The summed E-state index contributed by atoms with van der Waals surface area (Å²) in [5, 5.41) is 0. The molecule has 0 saturated carbocycles. The first-order valence-electron chi connectivity index (χ1n) is 11.4. The SMILES string of the molecule is CCCCC/C=C/C/C=C/CCCCCCCC(N)CCCCCC. The molecule has 0 rings (SSSR count). The molecule has 0 aromatic heterocycles. The molecule has 0 aromatic rings. The maximum absolute atomic E-state index is 6.20. The van der Waals surface area contributed by atoms with Crippen molar-refractivity contribution in [2.45, 2.75) is 129 Å². The molecule has 25 heavy (non-hydrogen) atoms. The lowest BCUT2D eigenvalue weighted by Gasteiger charge is -2.10. The Hall–Kier alpha value is -0.560. The largest absolute Gasteiger partial charge is 0.328 e. The van der Waals surface area contributed by atoms with E-state index in [0.717, 1.165) is 6.42 Å². The molecule has 0 spiro atoms. The quantitative estimate of drug-likeness (QED) is 0.185. The number of nitrogens with two attached hydrogens (primary N) is 1. The van der Waals surface area contributed by atoms with Crippen LogP contribution in [0.3, 0.4) is 0 Å². The zero-order valence-corrected chi connectivity index (χ0v) is 17.5. The maximum atomic E-state index is 6.20. The summed E-state index contributed by atoms with van der Waals surface area (Å²) in [5.74, 6) is 0. The van der Waals surface area contributed by atoms with Gasteiger partial charge in [0.2, 0.25) is 0 Å². The molecular formula is C24H47N. The van der Waals surface area contributed by atoms with Crippen molar-refractivity contribution in [1.29, 1.82) is 0 Å². The molecule has 0 aromatic carbocycles. The number of allylic oxidation sites excluding steroid dienone is 4. The third-order valence-electron chi connectivity index (χ3n) is 4.95. The van der Waals surface area contributed by atoms with Crippen LogP contribution < -0.4 is 5.73 Å². The Bertz CT molecular complexity index is 292. The summed E-state index contributed by atoms with van der Waals surface area (Å²) in [6.45, 7) is 4.53. The summed E-state index contributed by atoms with van der Waals surface area (Å²) in [6, 6.07) is 0.454. The zero-order valence-electron chi connectivity index (χ0n) is 17.5. The summed E-state index contributed by atoms with van der Waals surface area (Å²) in [7, 11) is 0. The Morgan fingerprint density at radius 2 is 1.00 bits per heavy atom. The van der Waals surface area contributed by atoms with E-state index in [1.807, 2.05) is 0 Å². The molecule has 2 N–H and O–H groups in total. The number of rotatable bonds is 19. The van der Waals surface area contributed by atoms with E-state index < -0.39 is 0 Å². The second-order valence-electron chi connectivity index (χ2n) is 7.63. The van der Waals surface area contributed by atoms with Gasteiger partial charge in [0.05, 0.1) is 0 Å². The van der Waals surface area contributed by atoms with E-state index >= 15 is 0 Å². The summed E-state index contributed by atoms with van der Waals surface area (Å²) in [6.07, 6.45) is 31.7. The van der Waals surface area contributed by atoms with Crippen molar-refractivity contribution in [2.75, 3.05) is 0 Å². The van der Waals surface area contributed by atoms with E-state index in [2.05, 4.69) is 38.2 Å².